The first-order valence-corrected chi connectivity index (χ1v) is 8.57. The number of aromatic nitrogens is 2. The monoisotopic (exact) mass is 361 g/mol. The van der Waals surface area contributed by atoms with E-state index in [-0.39, 0.29) is 11.7 Å². The number of carbonyl (C=O) groups is 1. The van der Waals surface area contributed by atoms with E-state index in [1.54, 1.807) is 23.9 Å². The van der Waals surface area contributed by atoms with Crippen molar-refractivity contribution in [3.63, 3.8) is 0 Å². The third-order valence-electron chi connectivity index (χ3n) is 4.30. The largest absolute Gasteiger partial charge is 0.493 e. The van der Waals surface area contributed by atoms with Crippen LogP contribution in [0.2, 0.25) is 0 Å². The summed E-state index contributed by atoms with van der Waals surface area (Å²) in [4.78, 5) is 12.7. The zero-order chi connectivity index (χ0) is 19.0. The van der Waals surface area contributed by atoms with Crippen LogP contribution < -0.4 is 10.1 Å². The maximum absolute atomic E-state index is 12.7. The Labute approximate surface area is 156 Å². The molecule has 1 amide bonds. The van der Waals surface area contributed by atoms with Crippen LogP contribution >= 0.6 is 0 Å². The number of nitrogens with one attached hydrogen (secondary N) is 1. The Hall–Kier alpha value is -3.54. The number of carbonyl (C=O) groups excluding carboxylic acids is 1. The third kappa shape index (κ3) is 3.17. The third-order valence-corrected chi connectivity index (χ3v) is 4.30. The average Bonchev–Trinajstić information content (AvgIpc) is 3.25. The lowest BCUT2D eigenvalue weighted by atomic mass is 10.2. The molecule has 4 aromatic rings. The Morgan fingerprint density at radius 3 is 2.63 bits per heavy atom. The van der Waals surface area contributed by atoms with Gasteiger partial charge in [0.25, 0.3) is 5.91 Å². The number of hydrogen-bond donors (Lipinski definition) is 1. The number of methoxy groups -OCH3 is 1. The van der Waals surface area contributed by atoms with Crippen LogP contribution in [0.1, 0.15) is 21.8 Å². The van der Waals surface area contributed by atoms with Gasteiger partial charge < -0.3 is 14.5 Å². The molecule has 2 aromatic heterocycles. The van der Waals surface area contributed by atoms with Crippen molar-refractivity contribution in [1.29, 1.82) is 0 Å². The molecule has 0 spiro atoms. The summed E-state index contributed by atoms with van der Waals surface area (Å²) in [6, 6.07) is 17.0. The molecule has 136 valence electrons. The highest BCUT2D eigenvalue weighted by molar-refractivity contribution is 6.04. The van der Waals surface area contributed by atoms with E-state index in [2.05, 4.69) is 10.4 Å². The predicted molar refractivity (Wildman–Crippen MR) is 104 cm³/mol. The lowest BCUT2D eigenvalue weighted by Crippen LogP contribution is -2.14. The van der Waals surface area contributed by atoms with Gasteiger partial charge in [-0.05, 0) is 38.1 Å². The van der Waals surface area contributed by atoms with Crippen molar-refractivity contribution in [3.8, 4) is 11.4 Å². The molecule has 27 heavy (non-hydrogen) atoms. The number of ether oxygens (including phenoxy) is 1. The number of nitrogens with zero attached hydrogens (tertiary/aromatic N) is 2. The molecule has 0 fully saturated rings. The molecule has 0 aliphatic carbocycles. The van der Waals surface area contributed by atoms with Crippen LogP contribution in [0, 0.1) is 13.8 Å². The second-order valence-electron chi connectivity index (χ2n) is 6.36. The molecule has 0 atom stereocenters. The predicted octanol–water partition coefficient (Wildman–Crippen LogP) is 4.50. The van der Waals surface area contributed by atoms with E-state index in [4.69, 9.17) is 9.15 Å². The summed E-state index contributed by atoms with van der Waals surface area (Å²) >= 11 is 0. The van der Waals surface area contributed by atoms with E-state index in [0.717, 1.165) is 22.3 Å². The van der Waals surface area contributed by atoms with Gasteiger partial charge in [-0.3, -0.25) is 4.79 Å². The molecule has 0 aliphatic rings. The maximum Gasteiger partial charge on any atom is 0.292 e. The Kier molecular flexibility index (Phi) is 4.16. The molecule has 2 heterocycles. The van der Waals surface area contributed by atoms with Crippen molar-refractivity contribution in [2.75, 3.05) is 12.4 Å². The number of benzene rings is 2. The van der Waals surface area contributed by atoms with Crippen molar-refractivity contribution in [2.45, 2.75) is 13.8 Å². The molecule has 6 nitrogen and oxygen atoms in total. The molecule has 0 aliphatic heterocycles. The lowest BCUT2D eigenvalue weighted by molar-refractivity contribution is 0.0998. The molecule has 0 unspecified atom stereocenters. The Morgan fingerprint density at radius 1 is 1.11 bits per heavy atom. The van der Waals surface area contributed by atoms with E-state index in [9.17, 15) is 4.79 Å². The number of furan rings is 1. The van der Waals surface area contributed by atoms with Crippen molar-refractivity contribution in [3.05, 3.63) is 71.6 Å². The summed E-state index contributed by atoms with van der Waals surface area (Å²) in [6.45, 7) is 3.91. The molecule has 0 saturated heterocycles. The van der Waals surface area contributed by atoms with Crippen LogP contribution in [0.15, 0.2) is 59.0 Å². The average molecular weight is 361 g/mol. The molecule has 6 heteroatoms. The van der Waals surface area contributed by atoms with Crippen molar-refractivity contribution >= 4 is 22.7 Å². The van der Waals surface area contributed by atoms with Gasteiger partial charge in [-0.25, -0.2) is 4.68 Å². The first-order chi connectivity index (χ1) is 13.0. The van der Waals surface area contributed by atoms with Gasteiger partial charge in [-0.1, -0.05) is 29.8 Å². The van der Waals surface area contributed by atoms with Crippen molar-refractivity contribution in [1.82, 2.24) is 9.78 Å². The highest BCUT2D eigenvalue weighted by Crippen LogP contribution is 2.29. The van der Waals surface area contributed by atoms with Gasteiger partial charge >= 0.3 is 0 Å². The number of anilines is 1. The molecule has 0 bridgehead atoms. The van der Waals surface area contributed by atoms with E-state index < -0.39 is 0 Å². The van der Waals surface area contributed by atoms with Crippen LogP contribution in [0.5, 0.6) is 5.75 Å². The molecular formula is C21H19N3O3. The van der Waals surface area contributed by atoms with Gasteiger partial charge in [-0.15, -0.1) is 0 Å². The molecule has 1 N–H and O–H groups in total. The van der Waals surface area contributed by atoms with Gasteiger partial charge in [0.1, 0.15) is 5.82 Å². The molecular weight excluding hydrogens is 342 g/mol. The molecule has 4 rings (SSSR count). The number of fused-ring (bicyclic) bond motifs is 1. The van der Waals surface area contributed by atoms with Gasteiger partial charge in [0.05, 0.1) is 18.5 Å². The number of amides is 1. The highest BCUT2D eigenvalue weighted by atomic mass is 16.5. The first-order valence-electron chi connectivity index (χ1n) is 8.57. The normalized spacial score (nSPS) is 10.9. The fraction of sp³-hybridized carbons (Fsp3) is 0.143. The van der Waals surface area contributed by atoms with Gasteiger partial charge in [0.2, 0.25) is 0 Å². The second-order valence-corrected chi connectivity index (χ2v) is 6.36. The van der Waals surface area contributed by atoms with E-state index in [1.807, 2.05) is 56.3 Å². The number of para-hydroxylation sites is 1. The minimum Gasteiger partial charge on any atom is -0.493 e. The van der Waals surface area contributed by atoms with Gasteiger partial charge in [0.15, 0.2) is 17.1 Å². The Morgan fingerprint density at radius 2 is 1.89 bits per heavy atom. The molecule has 2 aromatic carbocycles. The highest BCUT2D eigenvalue weighted by Gasteiger charge is 2.17. The number of aryl methyl sites for hydroxylation is 2. The zero-order valence-electron chi connectivity index (χ0n) is 15.3. The summed E-state index contributed by atoms with van der Waals surface area (Å²) in [5, 5.41) is 8.17. The van der Waals surface area contributed by atoms with Crippen LogP contribution in [0.4, 0.5) is 5.82 Å². The zero-order valence-corrected chi connectivity index (χ0v) is 15.3. The van der Waals surface area contributed by atoms with E-state index >= 15 is 0 Å². The molecule has 0 saturated carbocycles. The molecule has 0 radical (unpaired) electrons. The summed E-state index contributed by atoms with van der Waals surface area (Å²) in [5.74, 6) is 1.03. The fourth-order valence-electron chi connectivity index (χ4n) is 2.96. The Balaban J connectivity index is 1.67. The van der Waals surface area contributed by atoms with Crippen LogP contribution in [0.25, 0.3) is 16.7 Å². The number of hydrogen-bond acceptors (Lipinski definition) is 4. The van der Waals surface area contributed by atoms with Gasteiger partial charge in [0, 0.05) is 11.5 Å². The van der Waals surface area contributed by atoms with Gasteiger partial charge in [-0.2, -0.15) is 5.10 Å². The summed E-state index contributed by atoms with van der Waals surface area (Å²) < 4.78 is 12.7. The van der Waals surface area contributed by atoms with Crippen LogP contribution in [-0.2, 0) is 0 Å². The fourth-order valence-corrected chi connectivity index (χ4v) is 2.96. The quantitative estimate of drug-likeness (QED) is 0.581. The minimum absolute atomic E-state index is 0.212. The van der Waals surface area contributed by atoms with Crippen molar-refractivity contribution in [2.24, 2.45) is 0 Å². The lowest BCUT2D eigenvalue weighted by Gasteiger charge is -2.08. The maximum atomic E-state index is 12.7. The summed E-state index contributed by atoms with van der Waals surface area (Å²) in [5.41, 5.74) is 3.38. The van der Waals surface area contributed by atoms with Crippen molar-refractivity contribution < 1.29 is 13.9 Å². The van der Waals surface area contributed by atoms with Crippen LogP contribution in [-0.4, -0.2) is 22.8 Å². The number of rotatable bonds is 4. The smallest absolute Gasteiger partial charge is 0.292 e. The standard InChI is InChI=1S/C21H19N3O3/c1-13-7-9-16(10-8-13)24-19(11-14(2)23-24)22-21(25)18-12-15-5-4-6-17(26-3)20(15)27-18/h4-12H,1-3H3,(H,22,25). The van der Waals surface area contributed by atoms with E-state index in [0.29, 0.717) is 17.2 Å². The summed E-state index contributed by atoms with van der Waals surface area (Å²) in [7, 11) is 1.57. The summed E-state index contributed by atoms with van der Waals surface area (Å²) in [6.07, 6.45) is 0. The minimum atomic E-state index is -0.346. The topological polar surface area (TPSA) is 69.3 Å². The Bertz CT molecular complexity index is 1120. The first kappa shape index (κ1) is 16.9. The second kappa shape index (κ2) is 6.64. The van der Waals surface area contributed by atoms with Crippen LogP contribution in [0.3, 0.4) is 0 Å². The van der Waals surface area contributed by atoms with E-state index in [1.165, 1.54) is 0 Å². The SMILES string of the molecule is COc1cccc2cc(C(=O)Nc3cc(C)nn3-c3ccc(C)cc3)oc12.